The molecular formula is C15H14N2O2. The summed E-state index contributed by atoms with van der Waals surface area (Å²) in [6, 6.07) is 9.62. The Morgan fingerprint density at radius 1 is 1.26 bits per heavy atom. The number of nitrogens with one attached hydrogen (secondary N) is 1. The number of H-pyrrole nitrogens is 1. The van der Waals surface area contributed by atoms with Crippen LogP contribution in [0.3, 0.4) is 0 Å². The molecule has 3 rings (SSSR count). The number of amides is 1. The third-order valence-electron chi connectivity index (χ3n) is 3.29. The van der Waals surface area contributed by atoms with Crippen LogP contribution >= 0.6 is 0 Å². The minimum Gasteiger partial charge on any atom is -0.459 e. The zero-order chi connectivity index (χ0) is 13.4. The van der Waals surface area contributed by atoms with Gasteiger partial charge in [0, 0.05) is 35.4 Å². The van der Waals surface area contributed by atoms with Gasteiger partial charge in [-0.25, -0.2) is 0 Å². The first-order valence-corrected chi connectivity index (χ1v) is 6.06. The van der Waals surface area contributed by atoms with Crippen molar-refractivity contribution in [2.75, 3.05) is 11.9 Å². The molecule has 2 aromatic heterocycles. The Bertz CT molecular complexity index is 739. The van der Waals surface area contributed by atoms with Gasteiger partial charge in [-0.15, -0.1) is 0 Å². The molecule has 4 heteroatoms. The summed E-state index contributed by atoms with van der Waals surface area (Å²) in [4.78, 5) is 17.1. The molecular weight excluding hydrogens is 240 g/mol. The molecule has 0 bridgehead atoms. The van der Waals surface area contributed by atoms with Crippen LogP contribution in [0.4, 0.5) is 5.69 Å². The summed E-state index contributed by atoms with van der Waals surface area (Å²) in [5.41, 5.74) is 2.74. The normalized spacial score (nSPS) is 10.8. The summed E-state index contributed by atoms with van der Waals surface area (Å²) in [7, 11) is 1.75. The Morgan fingerprint density at radius 2 is 2.11 bits per heavy atom. The molecule has 0 fully saturated rings. The third-order valence-corrected chi connectivity index (χ3v) is 3.29. The van der Waals surface area contributed by atoms with Crippen molar-refractivity contribution < 1.29 is 9.21 Å². The maximum Gasteiger partial charge on any atom is 0.293 e. The predicted molar refractivity (Wildman–Crippen MR) is 74.5 cm³/mol. The van der Waals surface area contributed by atoms with Crippen molar-refractivity contribution in [3.63, 3.8) is 0 Å². The molecule has 0 aliphatic heterocycles. The number of anilines is 1. The van der Waals surface area contributed by atoms with Gasteiger partial charge in [0.1, 0.15) is 0 Å². The van der Waals surface area contributed by atoms with Crippen molar-refractivity contribution in [3.05, 3.63) is 54.1 Å². The number of hydrogen-bond donors (Lipinski definition) is 1. The molecule has 0 aliphatic carbocycles. The summed E-state index contributed by atoms with van der Waals surface area (Å²) in [5, 5.41) is 1.08. The molecule has 0 atom stereocenters. The summed E-state index contributed by atoms with van der Waals surface area (Å²) < 4.78 is 5.24. The van der Waals surface area contributed by atoms with E-state index in [1.807, 2.05) is 37.4 Å². The molecule has 0 spiro atoms. The van der Waals surface area contributed by atoms with Crippen LogP contribution in [0.15, 0.2) is 47.2 Å². The van der Waals surface area contributed by atoms with Crippen LogP contribution in [-0.4, -0.2) is 17.9 Å². The van der Waals surface area contributed by atoms with Crippen molar-refractivity contribution in [2.24, 2.45) is 0 Å². The highest BCUT2D eigenvalue weighted by Crippen LogP contribution is 2.22. The summed E-state index contributed by atoms with van der Waals surface area (Å²) in [6.07, 6.45) is 3.42. The number of carbonyl (C=O) groups excluding carboxylic acids is 1. The molecule has 0 saturated heterocycles. The molecule has 0 radical (unpaired) electrons. The van der Waals surface area contributed by atoms with E-state index in [1.54, 1.807) is 18.0 Å². The molecule has 0 aliphatic rings. The van der Waals surface area contributed by atoms with Gasteiger partial charge in [-0.3, -0.25) is 4.79 Å². The fourth-order valence-corrected chi connectivity index (χ4v) is 2.11. The van der Waals surface area contributed by atoms with Gasteiger partial charge in [0.15, 0.2) is 5.76 Å². The van der Waals surface area contributed by atoms with Gasteiger partial charge in [-0.2, -0.15) is 0 Å². The smallest absolute Gasteiger partial charge is 0.293 e. The predicted octanol–water partition coefficient (Wildman–Crippen LogP) is 3.35. The molecule has 1 aromatic carbocycles. The molecule has 2 heterocycles. The molecule has 1 N–H and O–H groups in total. The quantitative estimate of drug-likeness (QED) is 0.762. The highest BCUT2D eigenvalue weighted by Gasteiger charge is 2.18. The molecule has 0 unspecified atom stereocenters. The zero-order valence-electron chi connectivity index (χ0n) is 10.8. The highest BCUT2D eigenvalue weighted by molar-refractivity contribution is 6.05. The summed E-state index contributed by atoms with van der Waals surface area (Å²) in [5.74, 6) is 0.244. The SMILES string of the molecule is Cc1ccoc1C(=O)N(C)c1ccc2[nH]ccc2c1. The molecule has 1 amide bonds. The van der Waals surface area contributed by atoms with E-state index in [0.717, 1.165) is 22.2 Å². The van der Waals surface area contributed by atoms with Gasteiger partial charge in [-0.05, 0) is 37.3 Å². The fourth-order valence-electron chi connectivity index (χ4n) is 2.11. The van der Waals surface area contributed by atoms with Gasteiger partial charge < -0.3 is 14.3 Å². The van der Waals surface area contributed by atoms with Crippen LogP contribution in [0, 0.1) is 6.92 Å². The second-order valence-corrected chi connectivity index (χ2v) is 4.55. The lowest BCUT2D eigenvalue weighted by atomic mass is 10.2. The number of carbonyl (C=O) groups is 1. The van der Waals surface area contributed by atoms with Gasteiger partial charge in [0.25, 0.3) is 5.91 Å². The van der Waals surface area contributed by atoms with E-state index in [0.29, 0.717) is 5.76 Å². The average Bonchev–Trinajstić information content (AvgIpc) is 3.04. The van der Waals surface area contributed by atoms with E-state index in [9.17, 15) is 4.79 Å². The van der Waals surface area contributed by atoms with Gasteiger partial charge in [-0.1, -0.05) is 0 Å². The van der Waals surface area contributed by atoms with Crippen LogP contribution < -0.4 is 4.90 Å². The number of rotatable bonds is 2. The molecule has 96 valence electrons. The number of aromatic amines is 1. The second-order valence-electron chi connectivity index (χ2n) is 4.55. The summed E-state index contributed by atoms with van der Waals surface area (Å²) >= 11 is 0. The first-order valence-electron chi connectivity index (χ1n) is 6.06. The van der Waals surface area contributed by atoms with E-state index in [-0.39, 0.29) is 5.91 Å². The van der Waals surface area contributed by atoms with Gasteiger partial charge in [0.2, 0.25) is 0 Å². The van der Waals surface area contributed by atoms with Gasteiger partial charge in [0.05, 0.1) is 6.26 Å². The zero-order valence-corrected chi connectivity index (χ0v) is 10.8. The number of nitrogens with zero attached hydrogens (tertiary/aromatic N) is 1. The highest BCUT2D eigenvalue weighted by atomic mass is 16.3. The maximum atomic E-state index is 12.3. The molecule has 3 aromatic rings. The van der Waals surface area contributed by atoms with E-state index in [1.165, 1.54) is 6.26 Å². The van der Waals surface area contributed by atoms with Crippen molar-refractivity contribution in [1.82, 2.24) is 4.98 Å². The van der Waals surface area contributed by atoms with Crippen LogP contribution in [-0.2, 0) is 0 Å². The van der Waals surface area contributed by atoms with E-state index >= 15 is 0 Å². The standard InChI is InChI=1S/C15H14N2O2/c1-10-6-8-19-14(10)15(18)17(2)12-3-4-13-11(9-12)5-7-16-13/h3-9,16H,1-2H3. The van der Waals surface area contributed by atoms with Crippen molar-refractivity contribution in [3.8, 4) is 0 Å². The van der Waals surface area contributed by atoms with Crippen LogP contribution in [0.5, 0.6) is 0 Å². The van der Waals surface area contributed by atoms with E-state index in [4.69, 9.17) is 4.42 Å². The lowest BCUT2D eigenvalue weighted by Crippen LogP contribution is -2.26. The van der Waals surface area contributed by atoms with Crippen molar-refractivity contribution in [2.45, 2.75) is 6.92 Å². The number of furan rings is 1. The number of benzene rings is 1. The lowest BCUT2D eigenvalue weighted by molar-refractivity contribution is 0.0965. The fraction of sp³-hybridized carbons (Fsp3) is 0.133. The van der Waals surface area contributed by atoms with Crippen LogP contribution in [0.2, 0.25) is 0 Å². The Morgan fingerprint density at radius 3 is 2.84 bits per heavy atom. The Kier molecular flexibility index (Phi) is 2.63. The topological polar surface area (TPSA) is 49.2 Å². The Hall–Kier alpha value is -2.49. The third kappa shape index (κ3) is 1.91. The molecule has 0 saturated carbocycles. The minimum absolute atomic E-state index is 0.141. The lowest BCUT2D eigenvalue weighted by Gasteiger charge is -2.16. The van der Waals surface area contributed by atoms with Gasteiger partial charge >= 0.3 is 0 Å². The number of hydrogen-bond acceptors (Lipinski definition) is 2. The number of aryl methyl sites for hydroxylation is 1. The Labute approximate surface area is 110 Å². The van der Waals surface area contributed by atoms with Crippen LogP contribution in [0.25, 0.3) is 10.9 Å². The monoisotopic (exact) mass is 254 g/mol. The first-order chi connectivity index (χ1) is 9.16. The number of aromatic nitrogens is 1. The molecule has 4 nitrogen and oxygen atoms in total. The maximum absolute atomic E-state index is 12.3. The summed E-state index contributed by atoms with van der Waals surface area (Å²) in [6.45, 7) is 1.86. The van der Waals surface area contributed by atoms with Crippen LogP contribution in [0.1, 0.15) is 16.1 Å². The Balaban J connectivity index is 1.97. The average molecular weight is 254 g/mol. The van der Waals surface area contributed by atoms with E-state index in [2.05, 4.69) is 4.98 Å². The minimum atomic E-state index is -0.141. The van der Waals surface area contributed by atoms with E-state index < -0.39 is 0 Å². The van der Waals surface area contributed by atoms with Crippen molar-refractivity contribution >= 4 is 22.5 Å². The number of fused-ring (bicyclic) bond motifs is 1. The molecule has 19 heavy (non-hydrogen) atoms. The van der Waals surface area contributed by atoms with Crippen molar-refractivity contribution in [1.29, 1.82) is 0 Å². The first kappa shape index (κ1) is 11.6. The largest absolute Gasteiger partial charge is 0.459 e. The second kappa shape index (κ2) is 4.31.